The molecule has 0 atom stereocenters. The summed E-state index contributed by atoms with van der Waals surface area (Å²) in [5, 5.41) is 0. The molecule has 0 aromatic carbocycles. The zero-order valence-electron chi connectivity index (χ0n) is 11.9. The average molecular weight is 286 g/mol. The van der Waals surface area contributed by atoms with E-state index < -0.39 is 0 Å². The van der Waals surface area contributed by atoms with Crippen LogP contribution in [0.25, 0.3) is 0 Å². The van der Waals surface area contributed by atoms with Crippen molar-refractivity contribution in [2.24, 2.45) is 0 Å². The number of hydrogen-bond donors (Lipinski definition) is 1. The Bertz CT molecular complexity index is 667. The Morgan fingerprint density at radius 2 is 2.14 bits per heavy atom. The molecule has 6 heteroatoms. The average Bonchev–Trinajstić information content (AvgIpc) is 2.49. The molecule has 21 heavy (non-hydrogen) atoms. The van der Waals surface area contributed by atoms with Crippen LogP contribution < -0.4 is 11.3 Å². The van der Waals surface area contributed by atoms with Crippen molar-refractivity contribution in [2.75, 3.05) is 19.3 Å². The molecule has 0 aliphatic carbocycles. The lowest BCUT2D eigenvalue weighted by atomic mass is 10.2. The molecule has 0 radical (unpaired) electrons. The van der Waals surface area contributed by atoms with Gasteiger partial charge in [-0.3, -0.25) is 14.6 Å². The monoisotopic (exact) mass is 286 g/mol. The van der Waals surface area contributed by atoms with Gasteiger partial charge in [-0.05, 0) is 18.2 Å². The van der Waals surface area contributed by atoms with Crippen molar-refractivity contribution in [1.82, 2.24) is 14.5 Å². The van der Waals surface area contributed by atoms with Gasteiger partial charge in [0, 0.05) is 49.9 Å². The number of nitrogen functional groups attached to an aromatic ring is 1. The number of nitrogens with two attached hydrogens (primary N) is 1. The molecular weight excluding hydrogens is 268 g/mol. The van der Waals surface area contributed by atoms with Gasteiger partial charge in [0.05, 0.1) is 0 Å². The van der Waals surface area contributed by atoms with Gasteiger partial charge in [0.25, 0.3) is 5.56 Å². The number of hydrogen-bond acceptors (Lipinski definition) is 4. The molecule has 2 N–H and O–H groups in total. The molecule has 2 rings (SSSR count). The van der Waals surface area contributed by atoms with E-state index in [4.69, 9.17) is 5.73 Å². The zero-order valence-corrected chi connectivity index (χ0v) is 11.9. The van der Waals surface area contributed by atoms with Crippen LogP contribution in [0.1, 0.15) is 5.69 Å². The van der Waals surface area contributed by atoms with E-state index in [1.54, 1.807) is 18.1 Å². The summed E-state index contributed by atoms with van der Waals surface area (Å²) in [6, 6.07) is 8.56. The van der Waals surface area contributed by atoms with E-state index in [2.05, 4.69) is 4.98 Å². The van der Waals surface area contributed by atoms with Crippen LogP contribution in [0.2, 0.25) is 0 Å². The van der Waals surface area contributed by atoms with Gasteiger partial charge in [-0.25, -0.2) is 0 Å². The Hall–Kier alpha value is -2.63. The quantitative estimate of drug-likeness (QED) is 0.869. The fourth-order valence-electron chi connectivity index (χ4n) is 1.89. The normalized spacial score (nSPS) is 10.3. The van der Waals surface area contributed by atoms with Gasteiger partial charge in [0.1, 0.15) is 6.54 Å². The highest BCUT2D eigenvalue weighted by Gasteiger charge is 2.10. The summed E-state index contributed by atoms with van der Waals surface area (Å²) < 4.78 is 1.31. The van der Waals surface area contributed by atoms with Crippen LogP contribution in [0.4, 0.5) is 5.69 Å². The van der Waals surface area contributed by atoms with E-state index in [-0.39, 0.29) is 18.0 Å². The SMILES string of the molecule is CN(CCc1ccccn1)C(=O)Cn1cc(N)ccc1=O. The van der Waals surface area contributed by atoms with Gasteiger partial charge in [-0.2, -0.15) is 0 Å². The summed E-state index contributed by atoms with van der Waals surface area (Å²) in [6.07, 6.45) is 3.88. The second-order valence-corrected chi connectivity index (χ2v) is 4.81. The molecule has 1 amide bonds. The lowest BCUT2D eigenvalue weighted by Gasteiger charge is -2.17. The first-order chi connectivity index (χ1) is 10.1. The fourth-order valence-corrected chi connectivity index (χ4v) is 1.89. The van der Waals surface area contributed by atoms with Crippen molar-refractivity contribution >= 4 is 11.6 Å². The van der Waals surface area contributed by atoms with Gasteiger partial charge < -0.3 is 15.2 Å². The molecule has 110 valence electrons. The van der Waals surface area contributed by atoms with E-state index in [0.717, 1.165) is 5.69 Å². The van der Waals surface area contributed by atoms with E-state index in [1.807, 2.05) is 18.2 Å². The third-order valence-corrected chi connectivity index (χ3v) is 3.17. The molecular formula is C15H18N4O2. The topological polar surface area (TPSA) is 81.2 Å². The van der Waals surface area contributed by atoms with Crippen LogP contribution in [-0.2, 0) is 17.8 Å². The number of nitrogens with zero attached hydrogens (tertiary/aromatic N) is 3. The second-order valence-electron chi connectivity index (χ2n) is 4.81. The van der Waals surface area contributed by atoms with Crippen molar-refractivity contribution < 1.29 is 4.79 Å². The van der Waals surface area contributed by atoms with Crippen molar-refractivity contribution in [3.05, 3.63) is 58.8 Å². The van der Waals surface area contributed by atoms with Crippen molar-refractivity contribution in [3.8, 4) is 0 Å². The number of carbonyl (C=O) groups excluding carboxylic acids is 1. The largest absolute Gasteiger partial charge is 0.398 e. The maximum atomic E-state index is 12.1. The van der Waals surface area contributed by atoms with E-state index >= 15 is 0 Å². The minimum Gasteiger partial charge on any atom is -0.398 e. The second kappa shape index (κ2) is 6.69. The summed E-state index contributed by atoms with van der Waals surface area (Å²) in [5.74, 6) is -0.140. The Kier molecular flexibility index (Phi) is 4.71. The number of likely N-dealkylation sites (N-methyl/N-ethyl adjacent to an activating group) is 1. The molecule has 0 saturated carbocycles. The van der Waals surface area contributed by atoms with Crippen LogP contribution in [0, 0.1) is 0 Å². The van der Waals surface area contributed by atoms with Gasteiger partial charge in [-0.15, -0.1) is 0 Å². The molecule has 0 saturated heterocycles. The minimum absolute atomic E-state index is 0.0113. The lowest BCUT2D eigenvalue weighted by Crippen LogP contribution is -2.34. The summed E-state index contributed by atoms with van der Waals surface area (Å²) in [5.41, 5.74) is 6.77. The van der Waals surface area contributed by atoms with Gasteiger partial charge in [0.2, 0.25) is 5.91 Å². The summed E-state index contributed by atoms with van der Waals surface area (Å²) in [6.45, 7) is 0.537. The van der Waals surface area contributed by atoms with Crippen molar-refractivity contribution in [1.29, 1.82) is 0 Å². The molecule has 2 aromatic rings. The number of carbonyl (C=O) groups is 1. The fraction of sp³-hybridized carbons (Fsp3) is 0.267. The first-order valence-corrected chi connectivity index (χ1v) is 6.66. The highest BCUT2D eigenvalue weighted by Crippen LogP contribution is 1.99. The van der Waals surface area contributed by atoms with Crippen LogP contribution in [0.3, 0.4) is 0 Å². The van der Waals surface area contributed by atoms with E-state index in [9.17, 15) is 9.59 Å². The Balaban J connectivity index is 1.93. The maximum Gasteiger partial charge on any atom is 0.251 e. The summed E-state index contributed by atoms with van der Waals surface area (Å²) in [4.78, 5) is 29.5. The van der Waals surface area contributed by atoms with Crippen LogP contribution in [0.5, 0.6) is 0 Å². The van der Waals surface area contributed by atoms with Crippen molar-refractivity contribution in [3.63, 3.8) is 0 Å². The maximum absolute atomic E-state index is 12.1. The van der Waals surface area contributed by atoms with Gasteiger partial charge in [-0.1, -0.05) is 6.07 Å². The van der Waals surface area contributed by atoms with E-state index in [0.29, 0.717) is 18.7 Å². The Morgan fingerprint density at radius 3 is 2.86 bits per heavy atom. The van der Waals surface area contributed by atoms with Crippen molar-refractivity contribution in [2.45, 2.75) is 13.0 Å². The molecule has 0 aliphatic rings. The number of amides is 1. The molecule has 0 spiro atoms. The molecule has 0 unspecified atom stereocenters. The zero-order chi connectivity index (χ0) is 15.2. The predicted octanol–water partition coefficient (Wildman–Crippen LogP) is 0.527. The van der Waals surface area contributed by atoms with Gasteiger partial charge in [0.15, 0.2) is 0 Å². The first kappa shape index (κ1) is 14.8. The highest BCUT2D eigenvalue weighted by molar-refractivity contribution is 5.75. The number of anilines is 1. The minimum atomic E-state index is -0.240. The smallest absolute Gasteiger partial charge is 0.251 e. The summed E-state index contributed by atoms with van der Waals surface area (Å²) >= 11 is 0. The Labute approximate surface area is 122 Å². The third-order valence-electron chi connectivity index (χ3n) is 3.17. The number of rotatable bonds is 5. The lowest BCUT2D eigenvalue weighted by molar-refractivity contribution is -0.130. The molecule has 0 aliphatic heterocycles. The molecule has 2 heterocycles. The third kappa shape index (κ3) is 4.17. The standard InChI is InChI=1S/C15H18N4O2/c1-18(9-7-13-4-2-3-8-17-13)15(21)11-19-10-12(16)5-6-14(19)20/h2-6,8,10H,7,9,11,16H2,1H3. The molecule has 0 fully saturated rings. The molecule has 0 bridgehead atoms. The van der Waals surface area contributed by atoms with Crippen LogP contribution >= 0.6 is 0 Å². The summed E-state index contributed by atoms with van der Waals surface area (Å²) in [7, 11) is 1.71. The van der Waals surface area contributed by atoms with Gasteiger partial charge >= 0.3 is 0 Å². The van der Waals surface area contributed by atoms with Crippen LogP contribution in [-0.4, -0.2) is 34.0 Å². The van der Waals surface area contributed by atoms with E-state index in [1.165, 1.54) is 22.9 Å². The predicted molar refractivity (Wildman–Crippen MR) is 80.7 cm³/mol. The first-order valence-electron chi connectivity index (χ1n) is 6.66. The Morgan fingerprint density at radius 1 is 1.33 bits per heavy atom. The molecule has 6 nitrogen and oxygen atoms in total. The number of pyridine rings is 2. The molecule has 2 aromatic heterocycles. The number of aromatic nitrogens is 2. The van der Waals surface area contributed by atoms with Crippen LogP contribution in [0.15, 0.2) is 47.5 Å². The highest BCUT2D eigenvalue weighted by atomic mass is 16.2.